The van der Waals surface area contributed by atoms with Gasteiger partial charge in [0.15, 0.2) is 0 Å². The number of hydrogen-bond donors (Lipinski definition) is 2. The zero-order valence-corrected chi connectivity index (χ0v) is 8.61. The summed E-state index contributed by atoms with van der Waals surface area (Å²) >= 11 is 0. The van der Waals surface area contributed by atoms with Gasteiger partial charge in [0.2, 0.25) is 11.8 Å². The molecule has 2 rings (SSSR count). The molecule has 0 aromatic heterocycles. The van der Waals surface area contributed by atoms with Crippen molar-refractivity contribution in [1.29, 1.82) is 0 Å². The van der Waals surface area contributed by atoms with E-state index in [0.717, 1.165) is 6.42 Å². The molecule has 1 unspecified atom stereocenters. The topological polar surface area (TPSA) is 69.6 Å². The van der Waals surface area contributed by atoms with Crippen LogP contribution in [0.5, 0.6) is 0 Å². The predicted octanol–water partition coefficient (Wildman–Crippen LogP) is -0.894. The Kier molecular flexibility index (Phi) is 2.90. The third-order valence-electron chi connectivity index (χ3n) is 3.15. The van der Waals surface area contributed by atoms with Crippen molar-refractivity contribution in [1.82, 2.24) is 10.2 Å². The van der Waals surface area contributed by atoms with Crippen LogP contribution < -0.4 is 5.32 Å². The minimum Gasteiger partial charge on any atom is -0.396 e. The maximum absolute atomic E-state index is 11.9. The van der Waals surface area contributed by atoms with Crippen LogP contribution >= 0.6 is 0 Å². The van der Waals surface area contributed by atoms with Gasteiger partial charge < -0.3 is 15.3 Å². The monoisotopic (exact) mass is 212 g/mol. The lowest BCUT2D eigenvalue weighted by Crippen LogP contribution is -2.43. The van der Waals surface area contributed by atoms with Crippen molar-refractivity contribution in [3.63, 3.8) is 0 Å². The molecule has 0 aliphatic carbocycles. The number of rotatable bonds is 2. The standard InChI is InChI=1S/C10H16N2O3/c13-6-7-3-4-12(5-7)10(15)8-1-2-9(14)11-8/h7-8,13H,1-6H2,(H,11,14)/t7?,8-/m1/s1. The molecule has 2 aliphatic heterocycles. The number of amides is 2. The zero-order chi connectivity index (χ0) is 10.8. The second-order valence-electron chi connectivity index (χ2n) is 4.28. The summed E-state index contributed by atoms with van der Waals surface area (Å²) in [6.07, 6.45) is 1.93. The van der Waals surface area contributed by atoms with Gasteiger partial charge in [0.05, 0.1) is 0 Å². The van der Waals surface area contributed by atoms with Crippen molar-refractivity contribution in [3.8, 4) is 0 Å². The van der Waals surface area contributed by atoms with Crippen molar-refractivity contribution < 1.29 is 14.7 Å². The summed E-state index contributed by atoms with van der Waals surface area (Å²) < 4.78 is 0. The van der Waals surface area contributed by atoms with Crippen molar-refractivity contribution in [3.05, 3.63) is 0 Å². The summed E-state index contributed by atoms with van der Waals surface area (Å²) in [5.74, 6) is 0.189. The first-order chi connectivity index (χ1) is 7.20. The largest absolute Gasteiger partial charge is 0.396 e. The molecule has 0 saturated carbocycles. The number of aliphatic hydroxyl groups excluding tert-OH is 1. The van der Waals surface area contributed by atoms with Crippen LogP contribution in [0.3, 0.4) is 0 Å². The number of carbonyl (C=O) groups excluding carboxylic acids is 2. The van der Waals surface area contributed by atoms with Crippen molar-refractivity contribution in [2.75, 3.05) is 19.7 Å². The number of nitrogens with one attached hydrogen (secondary N) is 1. The second-order valence-corrected chi connectivity index (χ2v) is 4.28. The Balaban J connectivity index is 1.89. The molecule has 0 bridgehead atoms. The van der Waals surface area contributed by atoms with Crippen LogP contribution in [0, 0.1) is 5.92 Å². The highest BCUT2D eigenvalue weighted by molar-refractivity contribution is 5.90. The Bertz CT molecular complexity index is 280. The normalized spacial score (nSPS) is 30.7. The van der Waals surface area contributed by atoms with Crippen LogP contribution in [0.25, 0.3) is 0 Å². The first-order valence-corrected chi connectivity index (χ1v) is 5.39. The van der Waals surface area contributed by atoms with E-state index in [1.165, 1.54) is 0 Å². The average molecular weight is 212 g/mol. The second kappa shape index (κ2) is 4.18. The predicted molar refractivity (Wildman–Crippen MR) is 52.9 cm³/mol. The summed E-state index contributed by atoms with van der Waals surface area (Å²) in [5.41, 5.74) is 0. The molecule has 15 heavy (non-hydrogen) atoms. The van der Waals surface area contributed by atoms with Crippen LogP contribution in [0.4, 0.5) is 0 Å². The zero-order valence-electron chi connectivity index (χ0n) is 8.61. The van der Waals surface area contributed by atoms with Gasteiger partial charge in [-0.15, -0.1) is 0 Å². The maximum atomic E-state index is 11.9. The molecular weight excluding hydrogens is 196 g/mol. The van der Waals surface area contributed by atoms with Gasteiger partial charge in [-0.1, -0.05) is 0 Å². The molecule has 2 atom stereocenters. The molecule has 0 aromatic rings. The van der Waals surface area contributed by atoms with E-state index in [1.54, 1.807) is 4.90 Å². The van der Waals surface area contributed by atoms with E-state index in [0.29, 0.717) is 25.9 Å². The van der Waals surface area contributed by atoms with Crippen LogP contribution in [0.15, 0.2) is 0 Å². The Hall–Kier alpha value is -1.10. The Morgan fingerprint density at radius 3 is 2.87 bits per heavy atom. The van der Waals surface area contributed by atoms with E-state index >= 15 is 0 Å². The van der Waals surface area contributed by atoms with E-state index in [1.807, 2.05) is 0 Å². The number of likely N-dealkylation sites (tertiary alicyclic amines) is 1. The third-order valence-corrected chi connectivity index (χ3v) is 3.15. The molecule has 2 heterocycles. The molecule has 5 nitrogen and oxygen atoms in total. The smallest absolute Gasteiger partial charge is 0.245 e. The van der Waals surface area contributed by atoms with Gasteiger partial charge in [-0.05, 0) is 12.8 Å². The molecule has 84 valence electrons. The number of nitrogens with zero attached hydrogens (tertiary/aromatic N) is 1. The SMILES string of the molecule is O=C1CC[C@H](C(=O)N2CCC(CO)C2)N1. The Morgan fingerprint density at radius 1 is 1.53 bits per heavy atom. The first kappa shape index (κ1) is 10.4. The summed E-state index contributed by atoms with van der Waals surface area (Å²) in [7, 11) is 0. The highest BCUT2D eigenvalue weighted by Crippen LogP contribution is 2.18. The van der Waals surface area contributed by atoms with Crippen molar-refractivity contribution in [2.24, 2.45) is 5.92 Å². The quantitative estimate of drug-likeness (QED) is 0.623. The van der Waals surface area contributed by atoms with Crippen molar-refractivity contribution >= 4 is 11.8 Å². The summed E-state index contributed by atoms with van der Waals surface area (Å²) in [5, 5.41) is 11.6. The highest BCUT2D eigenvalue weighted by Gasteiger charge is 2.34. The van der Waals surface area contributed by atoms with Gasteiger partial charge in [0.1, 0.15) is 6.04 Å². The number of carbonyl (C=O) groups is 2. The lowest BCUT2D eigenvalue weighted by molar-refractivity contribution is -0.133. The molecule has 0 radical (unpaired) electrons. The minimum absolute atomic E-state index is 0.0109. The number of aliphatic hydroxyl groups is 1. The fourth-order valence-corrected chi connectivity index (χ4v) is 2.20. The van der Waals surface area contributed by atoms with Crippen molar-refractivity contribution in [2.45, 2.75) is 25.3 Å². The Morgan fingerprint density at radius 2 is 2.33 bits per heavy atom. The van der Waals surface area contributed by atoms with Gasteiger partial charge in [-0.2, -0.15) is 0 Å². The maximum Gasteiger partial charge on any atom is 0.245 e. The van der Waals surface area contributed by atoms with E-state index in [-0.39, 0.29) is 30.4 Å². The minimum atomic E-state index is -0.324. The molecule has 0 spiro atoms. The van der Waals surface area contributed by atoms with E-state index < -0.39 is 0 Å². The van der Waals surface area contributed by atoms with E-state index in [2.05, 4.69) is 5.32 Å². The van der Waals surface area contributed by atoms with Crippen LogP contribution in [0.1, 0.15) is 19.3 Å². The molecule has 2 fully saturated rings. The highest BCUT2D eigenvalue weighted by atomic mass is 16.3. The van der Waals surface area contributed by atoms with Gasteiger partial charge in [0.25, 0.3) is 0 Å². The average Bonchev–Trinajstić information content (AvgIpc) is 2.84. The van der Waals surface area contributed by atoms with Gasteiger partial charge in [0, 0.05) is 32.0 Å². The van der Waals surface area contributed by atoms with Crippen LogP contribution in [0.2, 0.25) is 0 Å². The fourth-order valence-electron chi connectivity index (χ4n) is 2.20. The first-order valence-electron chi connectivity index (χ1n) is 5.39. The van der Waals surface area contributed by atoms with Crippen LogP contribution in [-0.4, -0.2) is 47.6 Å². The summed E-state index contributed by atoms with van der Waals surface area (Å²) in [6.45, 7) is 1.47. The third kappa shape index (κ3) is 2.12. The Labute approximate surface area is 88.4 Å². The summed E-state index contributed by atoms with van der Waals surface area (Å²) in [4.78, 5) is 24.6. The fraction of sp³-hybridized carbons (Fsp3) is 0.800. The van der Waals surface area contributed by atoms with E-state index in [9.17, 15) is 9.59 Å². The van der Waals surface area contributed by atoms with E-state index in [4.69, 9.17) is 5.11 Å². The van der Waals surface area contributed by atoms with Crippen LogP contribution in [-0.2, 0) is 9.59 Å². The lowest BCUT2D eigenvalue weighted by Gasteiger charge is -2.20. The molecule has 2 N–H and O–H groups in total. The molecular formula is C10H16N2O3. The van der Waals surface area contributed by atoms with Gasteiger partial charge in [-0.3, -0.25) is 9.59 Å². The molecule has 2 saturated heterocycles. The molecule has 2 aliphatic rings. The van der Waals surface area contributed by atoms with Gasteiger partial charge >= 0.3 is 0 Å². The molecule has 0 aromatic carbocycles. The molecule has 2 amide bonds. The van der Waals surface area contributed by atoms with Gasteiger partial charge in [-0.25, -0.2) is 0 Å². The number of hydrogen-bond acceptors (Lipinski definition) is 3. The lowest BCUT2D eigenvalue weighted by atomic mass is 10.1. The molecule has 5 heteroatoms. The summed E-state index contributed by atoms with van der Waals surface area (Å²) in [6, 6.07) is -0.324.